The summed E-state index contributed by atoms with van der Waals surface area (Å²) in [5.74, 6) is 0. The fourth-order valence-corrected chi connectivity index (χ4v) is 2.52. The van der Waals surface area contributed by atoms with Crippen LogP contribution in [0.15, 0.2) is 24.5 Å². The molecular weight excluding hydrogens is 239 g/mol. The number of nitrogen functional groups attached to an aromatic ring is 1. The Hall–Kier alpha value is -0.770. The first-order chi connectivity index (χ1) is 6.68. The topological polar surface area (TPSA) is 38.9 Å². The van der Waals surface area contributed by atoms with Gasteiger partial charge in [-0.25, -0.2) is 0 Å². The number of thiophene rings is 1. The highest BCUT2D eigenvalue weighted by Gasteiger charge is 2.08. The molecule has 5 heteroatoms. The summed E-state index contributed by atoms with van der Waals surface area (Å²) in [7, 11) is 0. The Morgan fingerprint density at radius 1 is 1.29 bits per heavy atom. The number of rotatable bonds is 1. The largest absolute Gasteiger partial charge is 0.389 e. The van der Waals surface area contributed by atoms with Gasteiger partial charge >= 0.3 is 0 Å². The Labute approximate surface area is 95.3 Å². The molecule has 0 aliphatic rings. The summed E-state index contributed by atoms with van der Waals surface area (Å²) in [4.78, 5) is 4.87. The molecule has 0 unspecified atom stereocenters. The number of hydrogen-bond donors (Lipinski definition) is 1. The van der Waals surface area contributed by atoms with Gasteiger partial charge in [-0.05, 0) is 12.1 Å². The summed E-state index contributed by atoms with van der Waals surface area (Å²) in [5.41, 5.74) is 6.56. The van der Waals surface area contributed by atoms with E-state index in [2.05, 4.69) is 4.98 Å². The van der Waals surface area contributed by atoms with Crippen LogP contribution in [0, 0.1) is 0 Å². The molecule has 0 aliphatic heterocycles. The van der Waals surface area contributed by atoms with Gasteiger partial charge in [-0.2, -0.15) is 0 Å². The average Bonchev–Trinajstić information content (AvgIpc) is 2.48. The van der Waals surface area contributed by atoms with Crippen molar-refractivity contribution in [1.29, 1.82) is 0 Å². The molecule has 0 saturated heterocycles. The van der Waals surface area contributed by atoms with E-state index in [0.717, 1.165) is 10.4 Å². The maximum Gasteiger partial charge on any atom is 0.105 e. The van der Waals surface area contributed by atoms with Gasteiger partial charge in [-0.15, -0.1) is 11.3 Å². The van der Waals surface area contributed by atoms with E-state index in [1.54, 1.807) is 12.4 Å². The molecule has 2 heterocycles. The predicted molar refractivity (Wildman–Crippen MR) is 62.0 cm³/mol. The minimum Gasteiger partial charge on any atom is -0.389 e. The second kappa shape index (κ2) is 3.77. The molecular formula is C9H6Cl2N2S. The minimum absolute atomic E-state index is 0.567. The van der Waals surface area contributed by atoms with Gasteiger partial charge in [-0.1, -0.05) is 23.2 Å². The molecule has 0 aliphatic carbocycles. The molecule has 2 aromatic rings. The Kier molecular flexibility index (Phi) is 2.63. The third-order valence-corrected chi connectivity index (χ3v) is 3.47. The number of nitrogens with two attached hydrogens (primary N) is 1. The van der Waals surface area contributed by atoms with Crippen LogP contribution in [0.4, 0.5) is 5.00 Å². The second-order valence-electron chi connectivity index (χ2n) is 2.68. The Morgan fingerprint density at radius 2 is 2.07 bits per heavy atom. The van der Waals surface area contributed by atoms with Gasteiger partial charge in [0.25, 0.3) is 0 Å². The van der Waals surface area contributed by atoms with E-state index < -0.39 is 0 Å². The van der Waals surface area contributed by atoms with E-state index in [1.807, 2.05) is 12.1 Å². The standard InChI is InChI=1S/C9H6Cl2N2S/c10-6-3-8(14-9(6)12)5-1-2-13-4-7(5)11/h1-4H,12H2. The zero-order valence-electron chi connectivity index (χ0n) is 7.00. The minimum atomic E-state index is 0.567. The van der Waals surface area contributed by atoms with Crippen LogP contribution in [-0.4, -0.2) is 4.98 Å². The van der Waals surface area contributed by atoms with Gasteiger partial charge in [0.05, 0.1) is 10.0 Å². The highest BCUT2D eigenvalue weighted by Crippen LogP contribution is 2.38. The third-order valence-electron chi connectivity index (χ3n) is 1.75. The first kappa shape index (κ1) is 9.77. The highest BCUT2D eigenvalue weighted by molar-refractivity contribution is 7.20. The number of nitrogens with zero attached hydrogens (tertiary/aromatic N) is 1. The van der Waals surface area contributed by atoms with E-state index in [9.17, 15) is 0 Å². The number of pyridine rings is 1. The zero-order valence-corrected chi connectivity index (χ0v) is 9.33. The molecule has 0 radical (unpaired) electrons. The quantitative estimate of drug-likeness (QED) is 0.831. The van der Waals surface area contributed by atoms with Crippen molar-refractivity contribution in [1.82, 2.24) is 4.98 Å². The summed E-state index contributed by atoms with van der Waals surface area (Å²) in [6, 6.07) is 3.65. The molecule has 0 bridgehead atoms. The van der Waals surface area contributed by atoms with Gasteiger partial charge in [-0.3, -0.25) is 4.98 Å². The second-order valence-corrected chi connectivity index (χ2v) is 4.58. The van der Waals surface area contributed by atoms with Crippen molar-refractivity contribution in [3.05, 3.63) is 34.6 Å². The van der Waals surface area contributed by atoms with Crippen LogP contribution in [0.25, 0.3) is 10.4 Å². The van der Waals surface area contributed by atoms with E-state index in [-0.39, 0.29) is 0 Å². The lowest BCUT2D eigenvalue weighted by Crippen LogP contribution is -1.76. The highest BCUT2D eigenvalue weighted by atomic mass is 35.5. The molecule has 0 fully saturated rings. The first-order valence-electron chi connectivity index (χ1n) is 3.83. The fourth-order valence-electron chi connectivity index (χ4n) is 1.09. The van der Waals surface area contributed by atoms with E-state index >= 15 is 0 Å². The molecule has 2 aromatic heterocycles. The summed E-state index contributed by atoms with van der Waals surface area (Å²) < 4.78 is 0. The number of anilines is 1. The number of halogens is 2. The van der Waals surface area contributed by atoms with Crippen molar-refractivity contribution in [2.75, 3.05) is 5.73 Å². The summed E-state index contributed by atoms with van der Waals surface area (Å²) >= 11 is 13.3. The molecule has 0 amide bonds. The number of aromatic nitrogens is 1. The van der Waals surface area contributed by atoms with Gasteiger partial charge < -0.3 is 5.73 Å². The third kappa shape index (κ3) is 1.71. The lowest BCUT2D eigenvalue weighted by molar-refractivity contribution is 1.33. The molecule has 0 atom stereocenters. The van der Waals surface area contributed by atoms with Crippen LogP contribution >= 0.6 is 34.5 Å². The van der Waals surface area contributed by atoms with Gasteiger partial charge in [0.2, 0.25) is 0 Å². The molecule has 72 valence electrons. The van der Waals surface area contributed by atoms with Crippen LogP contribution in [0.5, 0.6) is 0 Å². The van der Waals surface area contributed by atoms with Crippen LogP contribution in [0.1, 0.15) is 0 Å². The smallest absolute Gasteiger partial charge is 0.105 e. The SMILES string of the molecule is Nc1sc(-c2ccncc2Cl)cc1Cl. The van der Waals surface area contributed by atoms with Crippen molar-refractivity contribution in [3.8, 4) is 10.4 Å². The Balaban J connectivity index is 2.55. The van der Waals surface area contributed by atoms with Gasteiger partial charge in [0, 0.05) is 22.8 Å². The van der Waals surface area contributed by atoms with Crippen LogP contribution in [0.3, 0.4) is 0 Å². The number of hydrogen-bond acceptors (Lipinski definition) is 3. The van der Waals surface area contributed by atoms with Gasteiger partial charge in [0.1, 0.15) is 5.00 Å². The van der Waals surface area contributed by atoms with Crippen molar-refractivity contribution in [2.24, 2.45) is 0 Å². The van der Waals surface area contributed by atoms with Crippen molar-refractivity contribution in [2.45, 2.75) is 0 Å². The normalized spacial score (nSPS) is 10.4. The maximum absolute atomic E-state index is 5.98. The molecule has 2 nitrogen and oxygen atoms in total. The van der Waals surface area contributed by atoms with E-state index in [1.165, 1.54) is 11.3 Å². The van der Waals surface area contributed by atoms with Crippen LogP contribution in [0.2, 0.25) is 10.0 Å². The van der Waals surface area contributed by atoms with Crippen LogP contribution in [-0.2, 0) is 0 Å². The van der Waals surface area contributed by atoms with E-state index in [4.69, 9.17) is 28.9 Å². The maximum atomic E-state index is 5.98. The molecule has 2 rings (SSSR count). The molecule has 0 spiro atoms. The summed E-state index contributed by atoms with van der Waals surface area (Å²) in [5, 5.41) is 1.78. The van der Waals surface area contributed by atoms with E-state index in [0.29, 0.717) is 15.0 Å². The molecule has 14 heavy (non-hydrogen) atoms. The van der Waals surface area contributed by atoms with Crippen molar-refractivity contribution in [3.63, 3.8) is 0 Å². The zero-order chi connectivity index (χ0) is 10.1. The molecule has 0 aromatic carbocycles. The fraction of sp³-hybridized carbons (Fsp3) is 0. The summed E-state index contributed by atoms with van der Waals surface area (Å²) in [6.07, 6.45) is 3.28. The van der Waals surface area contributed by atoms with Crippen LogP contribution < -0.4 is 5.73 Å². The van der Waals surface area contributed by atoms with Crippen molar-refractivity contribution < 1.29 is 0 Å². The molecule has 0 saturated carbocycles. The first-order valence-corrected chi connectivity index (χ1v) is 5.40. The Bertz CT molecular complexity index is 448. The lowest BCUT2D eigenvalue weighted by atomic mass is 10.2. The Morgan fingerprint density at radius 3 is 2.64 bits per heavy atom. The monoisotopic (exact) mass is 244 g/mol. The summed E-state index contributed by atoms with van der Waals surface area (Å²) in [6.45, 7) is 0. The lowest BCUT2D eigenvalue weighted by Gasteiger charge is -1.98. The average molecular weight is 245 g/mol. The van der Waals surface area contributed by atoms with Crippen molar-refractivity contribution >= 4 is 39.5 Å². The molecule has 2 N–H and O–H groups in total. The predicted octanol–water partition coefficient (Wildman–Crippen LogP) is 3.70. The van der Waals surface area contributed by atoms with Gasteiger partial charge in [0.15, 0.2) is 0 Å².